The molecule has 0 heterocycles. The van der Waals surface area contributed by atoms with E-state index in [0.717, 1.165) is 31.0 Å². The molecule has 1 aliphatic carbocycles. The Hall–Kier alpha value is -0.790. The highest BCUT2D eigenvalue weighted by atomic mass is 35.5. The molecule has 1 unspecified atom stereocenters. The van der Waals surface area contributed by atoms with Crippen LogP contribution in [0.1, 0.15) is 18.4 Å². The van der Waals surface area contributed by atoms with Crippen LogP contribution in [0.5, 0.6) is 0 Å². The molecule has 1 saturated carbocycles. The SMILES string of the molecule is O=S(=O)(NCC(Cl)C1CC1)c1cccc(C(F)(F)F)c1. The van der Waals surface area contributed by atoms with Crippen LogP contribution in [-0.2, 0) is 16.2 Å². The molecule has 1 N–H and O–H groups in total. The number of halogens is 4. The summed E-state index contributed by atoms with van der Waals surface area (Å²) >= 11 is 5.97. The second-order valence-electron chi connectivity index (χ2n) is 4.73. The number of benzene rings is 1. The van der Waals surface area contributed by atoms with E-state index in [4.69, 9.17) is 11.6 Å². The smallest absolute Gasteiger partial charge is 0.210 e. The lowest BCUT2D eigenvalue weighted by molar-refractivity contribution is -0.137. The monoisotopic (exact) mass is 327 g/mol. The van der Waals surface area contributed by atoms with E-state index in [0.29, 0.717) is 12.0 Å². The molecule has 3 nitrogen and oxygen atoms in total. The van der Waals surface area contributed by atoms with Crippen molar-refractivity contribution in [2.24, 2.45) is 5.92 Å². The molecule has 0 radical (unpaired) electrons. The predicted octanol–water partition coefficient (Wildman–Crippen LogP) is 3.00. The normalized spacial score (nSPS) is 18.0. The molecule has 0 aliphatic heterocycles. The van der Waals surface area contributed by atoms with Crippen LogP contribution in [-0.4, -0.2) is 20.3 Å². The van der Waals surface area contributed by atoms with Gasteiger partial charge in [0.05, 0.1) is 10.5 Å². The van der Waals surface area contributed by atoms with Crippen LogP contribution >= 0.6 is 11.6 Å². The first-order chi connectivity index (χ1) is 9.20. The van der Waals surface area contributed by atoms with Crippen molar-refractivity contribution in [2.45, 2.75) is 29.3 Å². The van der Waals surface area contributed by atoms with Crippen molar-refractivity contribution in [3.8, 4) is 0 Å². The third-order valence-electron chi connectivity index (χ3n) is 3.07. The highest BCUT2D eigenvalue weighted by Crippen LogP contribution is 2.35. The Balaban J connectivity index is 2.12. The fraction of sp³-hybridized carbons (Fsp3) is 0.500. The van der Waals surface area contributed by atoms with E-state index in [1.54, 1.807) is 0 Å². The fourth-order valence-electron chi connectivity index (χ4n) is 1.74. The molecule has 1 fully saturated rings. The first-order valence-corrected chi connectivity index (χ1v) is 7.93. The largest absolute Gasteiger partial charge is 0.416 e. The van der Waals surface area contributed by atoms with Crippen LogP contribution in [0.25, 0.3) is 0 Å². The third-order valence-corrected chi connectivity index (χ3v) is 5.01. The summed E-state index contributed by atoms with van der Waals surface area (Å²) in [4.78, 5) is -0.410. The summed E-state index contributed by atoms with van der Waals surface area (Å²) in [5, 5.41) is -0.324. The van der Waals surface area contributed by atoms with Crippen molar-refractivity contribution in [2.75, 3.05) is 6.54 Å². The molecule has 1 aliphatic rings. The number of rotatable bonds is 5. The zero-order valence-electron chi connectivity index (χ0n) is 10.3. The molecule has 1 aromatic carbocycles. The van der Waals surface area contributed by atoms with Gasteiger partial charge in [-0.3, -0.25) is 0 Å². The Bertz CT molecular complexity index is 585. The summed E-state index contributed by atoms with van der Waals surface area (Å²) in [5.74, 6) is 0.292. The summed E-state index contributed by atoms with van der Waals surface area (Å²) in [6.45, 7) is 0.0187. The quantitative estimate of drug-likeness (QED) is 0.845. The second kappa shape index (κ2) is 5.54. The minimum Gasteiger partial charge on any atom is -0.210 e. The van der Waals surface area contributed by atoms with Crippen molar-refractivity contribution in [1.82, 2.24) is 4.72 Å². The molecule has 0 spiro atoms. The Morgan fingerprint density at radius 2 is 2.00 bits per heavy atom. The summed E-state index contributed by atoms with van der Waals surface area (Å²) < 4.78 is 63.7. The van der Waals surface area contributed by atoms with Gasteiger partial charge in [-0.05, 0) is 37.0 Å². The summed E-state index contributed by atoms with van der Waals surface area (Å²) in [7, 11) is -3.98. The van der Waals surface area contributed by atoms with Gasteiger partial charge in [0.15, 0.2) is 0 Å². The van der Waals surface area contributed by atoms with Crippen molar-refractivity contribution in [3.05, 3.63) is 29.8 Å². The predicted molar refractivity (Wildman–Crippen MR) is 69.0 cm³/mol. The van der Waals surface area contributed by atoms with E-state index in [1.807, 2.05) is 0 Å². The van der Waals surface area contributed by atoms with Crippen LogP contribution in [0.2, 0.25) is 0 Å². The van der Waals surface area contributed by atoms with Gasteiger partial charge in [-0.1, -0.05) is 6.07 Å². The topological polar surface area (TPSA) is 46.2 Å². The minimum absolute atomic E-state index is 0.0187. The molecular formula is C12H13ClF3NO2S. The zero-order valence-corrected chi connectivity index (χ0v) is 11.9. The fourth-order valence-corrected chi connectivity index (χ4v) is 3.26. The lowest BCUT2D eigenvalue weighted by Gasteiger charge is -2.12. The maximum absolute atomic E-state index is 12.5. The van der Waals surface area contributed by atoms with Crippen LogP contribution in [0.3, 0.4) is 0 Å². The van der Waals surface area contributed by atoms with Crippen molar-refractivity contribution in [1.29, 1.82) is 0 Å². The number of sulfonamides is 1. The van der Waals surface area contributed by atoms with Gasteiger partial charge in [-0.15, -0.1) is 11.6 Å². The van der Waals surface area contributed by atoms with Crippen LogP contribution in [0, 0.1) is 5.92 Å². The Kier molecular flexibility index (Phi) is 4.32. The summed E-state index contributed by atoms with van der Waals surface area (Å²) in [6.07, 6.45) is -2.66. The molecule has 20 heavy (non-hydrogen) atoms. The average Bonchev–Trinajstić information content (AvgIpc) is 3.19. The van der Waals surface area contributed by atoms with Gasteiger partial charge in [0.1, 0.15) is 0 Å². The maximum Gasteiger partial charge on any atom is 0.416 e. The van der Waals surface area contributed by atoms with E-state index in [9.17, 15) is 21.6 Å². The molecular weight excluding hydrogens is 315 g/mol. The lowest BCUT2D eigenvalue weighted by atomic mass is 10.2. The van der Waals surface area contributed by atoms with Gasteiger partial charge < -0.3 is 0 Å². The molecule has 112 valence electrons. The van der Waals surface area contributed by atoms with Crippen molar-refractivity contribution < 1.29 is 21.6 Å². The minimum atomic E-state index is -4.57. The molecule has 0 amide bonds. The van der Waals surface area contributed by atoms with Gasteiger partial charge in [0.2, 0.25) is 10.0 Å². The van der Waals surface area contributed by atoms with Gasteiger partial charge in [0.25, 0.3) is 0 Å². The Labute approximate surface area is 120 Å². The van der Waals surface area contributed by atoms with Crippen molar-refractivity contribution in [3.63, 3.8) is 0 Å². The summed E-state index contributed by atoms with van der Waals surface area (Å²) in [5.41, 5.74) is -0.995. The number of nitrogens with one attached hydrogen (secondary N) is 1. The third kappa shape index (κ3) is 3.86. The molecule has 2 rings (SSSR count). The summed E-state index contributed by atoms with van der Waals surface area (Å²) in [6, 6.07) is 3.63. The van der Waals surface area contributed by atoms with Gasteiger partial charge >= 0.3 is 6.18 Å². The van der Waals surface area contributed by atoms with Gasteiger partial charge in [-0.25, -0.2) is 13.1 Å². The molecule has 0 bridgehead atoms. The molecule has 1 atom stereocenters. The van der Waals surface area contributed by atoms with Crippen LogP contribution < -0.4 is 4.72 Å². The highest BCUT2D eigenvalue weighted by Gasteiger charge is 2.33. The van der Waals surface area contributed by atoms with E-state index in [-0.39, 0.29) is 11.9 Å². The highest BCUT2D eigenvalue weighted by molar-refractivity contribution is 7.89. The Morgan fingerprint density at radius 3 is 2.55 bits per heavy atom. The molecule has 0 aromatic heterocycles. The van der Waals surface area contributed by atoms with E-state index in [1.165, 1.54) is 0 Å². The molecule has 0 saturated heterocycles. The number of hydrogen-bond donors (Lipinski definition) is 1. The maximum atomic E-state index is 12.5. The van der Waals surface area contributed by atoms with Crippen LogP contribution in [0.4, 0.5) is 13.2 Å². The zero-order chi connectivity index (χ0) is 15.0. The molecule has 8 heteroatoms. The number of alkyl halides is 4. The number of hydrogen-bond acceptors (Lipinski definition) is 2. The van der Waals surface area contributed by atoms with E-state index in [2.05, 4.69) is 4.72 Å². The lowest BCUT2D eigenvalue weighted by Crippen LogP contribution is -2.30. The van der Waals surface area contributed by atoms with Gasteiger partial charge in [0, 0.05) is 11.9 Å². The first kappa shape index (κ1) is 15.6. The van der Waals surface area contributed by atoms with Gasteiger partial charge in [-0.2, -0.15) is 13.2 Å². The van der Waals surface area contributed by atoms with E-state index < -0.39 is 26.7 Å². The van der Waals surface area contributed by atoms with Crippen molar-refractivity contribution >= 4 is 21.6 Å². The average molecular weight is 328 g/mol. The van der Waals surface area contributed by atoms with Crippen LogP contribution in [0.15, 0.2) is 29.2 Å². The Morgan fingerprint density at radius 1 is 1.35 bits per heavy atom. The first-order valence-electron chi connectivity index (χ1n) is 6.01. The molecule has 1 aromatic rings. The van der Waals surface area contributed by atoms with E-state index >= 15 is 0 Å². The standard InChI is InChI=1S/C12H13ClF3NO2S/c13-11(8-4-5-8)7-17-20(18,19)10-3-1-2-9(6-10)12(14,15)16/h1-3,6,8,11,17H,4-5,7H2. The second-order valence-corrected chi connectivity index (χ2v) is 7.06.